The third-order valence-corrected chi connectivity index (χ3v) is 9.64. The molecule has 154 valence electrons. The van der Waals surface area contributed by atoms with Crippen LogP contribution in [0.25, 0.3) is 0 Å². The standard InChI is InChI=1S/C25H36O3/c1-24-11-9-19-18-10-13-25(28,12-8-16-2-3-16)14-17(18)4-5-20(19)21(24)6-7-22(24)23(27)15-26/h16-22,26,28H,2-7,9-11,13-15H2,1H3/t17-,18+,19-,20-,21+,22-,24+,25-/m1/s1. The van der Waals surface area contributed by atoms with Crippen molar-refractivity contribution in [1.29, 1.82) is 0 Å². The van der Waals surface area contributed by atoms with E-state index in [1.165, 1.54) is 38.5 Å². The smallest absolute Gasteiger partial charge is 0.161 e. The van der Waals surface area contributed by atoms with Crippen molar-refractivity contribution in [2.45, 2.75) is 83.2 Å². The number of fused-ring (bicyclic) bond motifs is 5. The summed E-state index contributed by atoms with van der Waals surface area (Å²) in [5.41, 5.74) is -0.620. The first kappa shape index (κ1) is 19.1. The fourth-order valence-electron chi connectivity index (χ4n) is 8.10. The van der Waals surface area contributed by atoms with Crippen molar-refractivity contribution in [2.24, 2.45) is 46.8 Å². The quantitative estimate of drug-likeness (QED) is 0.709. The van der Waals surface area contributed by atoms with Gasteiger partial charge in [0.05, 0.1) is 0 Å². The van der Waals surface area contributed by atoms with Crippen LogP contribution in [0, 0.1) is 58.7 Å². The Morgan fingerprint density at radius 1 is 0.964 bits per heavy atom. The summed E-state index contributed by atoms with van der Waals surface area (Å²) < 4.78 is 0. The number of carbonyl (C=O) groups excluding carboxylic acids is 1. The molecular weight excluding hydrogens is 348 g/mol. The van der Waals surface area contributed by atoms with Gasteiger partial charge in [0, 0.05) is 11.8 Å². The van der Waals surface area contributed by atoms with Crippen molar-refractivity contribution < 1.29 is 15.0 Å². The minimum absolute atomic E-state index is 0.0779. The average molecular weight is 385 g/mol. The van der Waals surface area contributed by atoms with Gasteiger partial charge in [-0.15, -0.1) is 0 Å². The predicted octanol–water partition coefficient (Wildman–Crippen LogP) is 3.96. The Morgan fingerprint density at radius 3 is 2.50 bits per heavy atom. The van der Waals surface area contributed by atoms with Gasteiger partial charge in [-0.3, -0.25) is 4.79 Å². The van der Waals surface area contributed by atoms with E-state index < -0.39 is 5.60 Å². The summed E-state index contributed by atoms with van der Waals surface area (Å²) >= 11 is 0. The van der Waals surface area contributed by atoms with E-state index in [0.29, 0.717) is 17.8 Å². The molecule has 28 heavy (non-hydrogen) atoms. The first-order chi connectivity index (χ1) is 13.4. The van der Waals surface area contributed by atoms with Crippen LogP contribution in [0.15, 0.2) is 0 Å². The molecular formula is C25H36O3. The lowest BCUT2D eigenvalue weighted by Crippen LogP contribution is -2.51. The first-order valence-corrected chi connectivity index (χ1v) is 11.8. The van der Waals surface area contributed by atoms with Crippen molar-refractivity contribution in [2.75, 3.05) is 6.61 Å². The third kappa shape index (κ3) is 3.07. The Bertz CT molecular complexity index is 700. The molecule has 0 amide bonds. The Balaban J connectivity index is 1.31. The second-order valence-corrected chi connectivity index (χ2v) is 11.1. The molecule has 0 spiro atoms. The predicted molar refractivity (Wildman–Crippen MR) is 108 cm³/mol. The monoisotopic (exact) mass is 384 g/mol. The van der Waals surface area contributed by atoms with Gasteiger partial charge in [0.15, 0.2) is 5.78 Å². The molecule has 2 N–H and O–H groups in total. The highest BCUT2D eigenvalue weighted by atomic mass is 16.3. The lowest BCUT2D eigenvalue weighted by Gasteiger charge is -2.56. The molecule has 3 nitrogen and oxygen atoms in total. The molecule has 5 aliphatic carbocycles. The van der Waals surface area contributed by atoms with E-state index in [9.17, 15) is 15.0 Å². The maximum absolute atomic E-state index is 12.4. The second kappa shape index (κ2) is 6.85. The highest BCUT2D eigenvalue weighted by Gasteiger charge is 2.58. The summed E-state index contributed by atoms with van der Waals surface area (Å²) in [6.07, 6.45) is 12.3. The number of carbonyl (C=O) groups is 1. The molecule has 0 bridgehead atoms. The Hall–Kier alpha value is -0.850. The number of hydrogen-bond donors (Lipinski definition) is 2. The molecule has 5 fully saturated rings. The average Bonchev–Trinajstić information content (AvgIpc) is 3.45. The zero-order valence-corrected chi connectivity index (χ0v) is 17.3. The fourth-order valence-corrected chi connectivity index (χ4v) is 8.10. The summed E-state index contributed by atoms with van der Waals surface area (Å²) in [6.45, 7) is 2.06. The van der Waals surface area contributed by atoms with Crippen LogP contribution >= 0.6 is 0 Å². The van der Waals surface area contributed by atoms with Gasteiger partial charge in [0.25, 0.3) is 0 Å². The van der Waals surface area contributed by atoms with Gasteiger partial charge in [0.2, 0.25) is 0 Å². The Morgan fingerprint density at radius 2 is 1.75 bits per heavy atom. The van der Waals surface area contributed by atoms with Gasteiger partial charge in [-0.05, 0) is 106 Å². The van der Waals surface area contributed by atoms with Gasteiger partial charge < -0.3 is 10.2 Å². The fraction of sp³-hybridized carbons (Fsp3) is 0.880. The van der Waals surface area contributed by atoms with Gasteiger partial charge in [-0.1, -0.05) is 18.8 Å². The molecule has 0 aromatic rings. The molecule has 0 aromatic carbocycles. The van der Waals surface area contributed by atoms with Crippen molar-refractivity contribution in [3.63, 3.8) is 0 Å². The van der Waals surface area contributed by atoms with Gasteiger partial charge in [0.1, 0.15) is 12.2 Å². The van der Waals surface area contributed by atoms with Crippen LogP contribution in [0.2, 0.25) is 0 Å². The number of aliphatic hydroxyl groups excluding tert-OH is 1. The second-order valence-electron chi connectivity index (χ2n) is 11.1. The molecule has 0 aliphatic heterocycles. The summed E-state index contributed by atoms with van der Waals surface area (Å²) in [4.78, 5) is 12.4. The minimum atomic E-state index is -0.730. The van der Waals surface area contributed by atoms with Crippen molar-refractivity contribution in [3.05, 3.63) is 0 Å². The number of ketones is 1. The van der Waals surface area contributed by atoms with Crippen LogP contribution in [0.5, 0.6) is 0 Å². The van der Waals surface area contributed by atoms with Gasteiger partial charge in [-0.2, -0.15) is 0 Å². The first-order valence-electron chi connectivity index (χ1n) is 11.8. The minimum Gasteiger partial charge on any atom is -0.389 e. The normalized spacial score (nSPS) is 50.0. The van der Waals surface area contributed by atoms with Gasteiger partial charge in [-0.25, -0.2) is 0 Å². The number of hydrogen-bond acceptors (Lipinski definition) is 3. The van der Waals surface area contributed by atoms with E-state index in [-0.39, 0.29) is 23.7 Å². The maximum Gasteiger partial charge on any atom is 0.161 e. The molecule has 0 saturated heterocycles. The molecule has 5 aliphatic rings. The summed E-state index contributed by atoms with van der Waals surface area (Å²) in [6, 6.07) is 0. The lowest BCUT2D eigenvalue weighted by molar-refractivity contribution is -0.134. The molecule has 5 rings (SSSR count). The number of rotatable bonds is 2. The van der Waals surface area contributed by atoms with Gasteiger partial charge >= 0.3 is 0 Å². The van der Waals surface area contributed by atoms with Crippen LogP contribution in [0.1, 0.15) is 77.6 Å². The van der Waals surface area contributed by atoms with E-state index >= 15 is 0 Å². The van der Waals surface area contributed by atoms with Crippen LogP contribution in [-0.4, -0.2) is 28.2 Å². The van der Waals surface area contributed by atoms with Crippen molar-refractivity contribution in [3.8, 4) is 11.8 Å². The van der Waals surface area contributed by atoms with Crippen LogP contribution in [0.4, 0.5) is 0 Å². The highest BCUT2D eigenvalue weighted by molar-refractivity contribution is 5.83. The summed E-state index contributed by atoms with van der Waals surface area (Å²) in [5, 5.41) is 20.5. The highest BCUT2D eigenvalue weighted by Crippen LogP contribution is 2.64. The zero-order valence-electron chi connectivity index (χ0n) is 17.3. The largest absolute Gasteiger partial charge is 0.389 e. The third-order valence-electron chi connectivity index (χ3n) is 9.64. The number of aliphatic hydroxyl groups is 2. The molecule has 0 heterocycles. The molecule has 0 radical (unpaired) electrons. The Kier molecular flexibility index (Phi) is 4.68. The van der Waals surface area contributed by atoms with E-state index in [1.54, 1.807) is 0 Å². The molecule has 5 saturated carbocycles. The van der Waals surface area contributed by atoms with Crippen molar-refractivity contribution >= 4 is 5.78 Å². The van der Waals surface area contributed by atoms with Crippen molar-refractivity contribution in [1.82, 2.24) is 0 Å². The SMILES string of the molecule is C[C@]12CC[C@H]3[C@@H](CC[C@@H]4C[C@@](O)(C#CC5CC5)CC[C@@H]43)[C@@H]1CC[C@@H]2C(=O)CO. The molecule has 0 aromatic heterocycles. The maximum atomic E-state index is 12.4. The summed E-state index contributed by atoms with van der Waals surface area (Å²) in [7, 11) is 0. The lowest BCUT2D eigenvalue weighted by atomic mass is 9.49. The molecule has 0 unspecified atom stereocenters. The van der Waals surface area contributed by atoms with Crippen LogP contribution < -0.4 is 0 Å². The van der Waals surface area contributed by atoms with E-state index in [4.69, 9.17) is 0 Å². The van der Waals surface area contributed by atoms with E-state index in [0.717, 1.165) is 49.9 Å². The topological polar surface area (TPSA) is 57.5 Å². The van der Waals surface area contributed by atoms with Crippen LogP contribution in [0.3, 0.4) is 0 Å². The number of Topliss-reactive ketones (excluding diaryl/α,β-unsaturated/α-hetero) is 1. The summed E-state index contributed by atoms with van der Waals surface area (Å²) in [5.74, 6) is 10.9. The Labute approximate surface area is 169 Å². The van der Waals surface area contributed by atoms with E-state index in [2.05, 4.69) is 18.8 Å². The molecule has 3 heteroatoms. The van der Waals surface area contributed by atoms with Crippen LogP contribution in [-0.2, 0) is 4.79 Å². The zero-order chi connectivity index (χ0) is 19.5. The molecule has 8 atom stereocenters. The van der Waals surface area contributed by atoms with E-state index in [1.807, 2.05) is 0 Å².